The van der Waals surface area contributed by atoms with Crippen molar-refractivity contribution in [1.82, 2.24) is 63.8 Å². The molecule has 0 bridgehead atoms. The van der Waals surface area contributed by atoms with Crippen LogP contribution in [0.5, 0.6) is 0 Å². The number of unbranched alkanes of at least 4 members (excludes halogenated alkanes) is 14. The second-order valence-electron chi connectivity index (χ2n) is 26.8. The van der Waals surface area contributed by atoms with Crippen molar-refractivity contribution in [2.45, 2.75) is 279 Å². The molecule has 3 heterocycles. The number of rotatable bonds is 53. The number of aliphatic hydroxyl groups is 9. The van der Waals surface area contributed by atoms with Crippen molar-refractivity contribution in [3.63, 3.8) is 0 Å². The van der Waals surface area contributed by atoms with Crippen LogP contribution in [0.1, 0.15) is 175 Å². The van der Waals surface area contributed by atoms with Gasteiger partial charge in [0.05, 0.1) is 64.4 Å². The summed E-state index contributed by atoms with van der Waals surface area (Å²) in [4.78, 5) is 155. The first-order chi connectivity index (χ1) is 50.6. The van der Waals surface area contributed by atoms with Crippen LogP contribution in [0.3, 0.4) is 0 Å². The lowest BCUT2D eigenvalue weighted by atomic mass is 9.90. The zero-order valence-electron chi connectivity index (χ0n) is 61.5. The van der Waals surface area contributed by atoms with Crippen molar-refractivity contribution in [2.75, 3.05) is 78.8 Å². The molecule has 3 saturated heterocycles. The highest BCUT2D eigenvalue weighted by atomic mass is 16.7. The van der Waals surface area contributed by atoms with Crippen LogP contribution in [0.4, 0.5) is 0 Å². The van der Waals surface area contributed by atoms with Gasteiger partial charge in [-0.3, -0.25) is 57.5 Å². The molecule has 0 aromatic rings. The van der Waals surface area contributed by atoms with Crippen molar-refractivity contribution in [3.05, 3.63) is 0 Å². The molecule has 608 valence electrons. The van der Waals surface area contributed by atoms with E-state index in [-0.39, 0.29) is 39.3 Å². The molecular formula is C68H120N12O26. The van der Waals surface area contributed by atoms with E-state index in [4.69, 9.17) is 23.7 Å². The van der Waals surface area contributed by atoms with Gasteiger partial charge in [-0.15, -0.1) is 0 Å². The van der Waals surface area contributed by atoms with Gasteiger partial charge >= 0.3 is 0 Å². The summed E-state index contributed by atoms with van der Waals surface area (Å²) in [5.74, 6) is -8.66. The van der Waals surface area contributed by atoms with E-state index < -0.39 is 233 Å². The Balaban J connectivity index is 1.63. The maximum absolute atomic E-state index is 14.0. The van der Waals surface area contributed by atoms with Crippen LogP contribution in [0.25, 0.3) is 0 Å². The van der Waals surface area contributed by atoms with Crippen molar-refractivity contribution < 1.29 is 127 Å². The van der Waals surface area contributed by atoms with E-state index in [1.807, 2.05) is 0 Å². The van der Waals surface area contributed by atoms with Gasteiger partial charge in [0.15, 0.2) is 12.6 Å². The molecule has 106 heavy (non-hydrogen) atoms. The first-order valence-corrected chi connectivity index (χ1v) is 37.0. The summed E-state index contributed by atoms with van der Waals surface area (Å²) in [6.45, 7) is 3.35. The number of carbonyl (C=O) groups excluding carboxylic acids is 12. The number of carbonyl (C=O) groups is 12. The quantitative estimate of drug-likeness (QED) is 0.0252. The lowest BCUT2D eigenvalue weighted by Gasteiger charge is -2.42. The van der Waals surface area contributed by atoms with Gasteiger partial charge in [0.1, 0.15) is 79.1 Å². The smallest absolute Gasteiger partial charge is 0.243 e. The minimum absolute atomic E-state index is 0.108. The van der Waals surface area contributed by atoms with E-state index in [1.165, 1.54) is 20.8 Å². The van der Waals surface area contributed by atoms with Crippen LogP contribution in [0.15, 0.2) is 0 Å². The van der Waals surface area contributed by atoms with Crippen molar-refractivity contribution in [2.24, 2.45) is 0 Å². The largest absolute Gasteiger partial charge is 0.394 e. The number of nitrogens with one attached hydrogen (secondary N) is 12. The lowest BCUT2D eigenvalue weighted by molar-refractivity contribution is -0.270. The molecule has 0 radical (unpaired) electrons. The van der Waals surface area contributed by atoms with Crippen LogP contribution in [0, 0.1) is 0 Å². The summed E-state index contributed by atoms with van der Waals surface area (Å²) in [6.07, 6.45) is -4.73. The fourth-order valence-electron chi connectivity index (χ4n) is 11.9. The fraction of sp³-hybridized carbons (Fsp3) is 0.824. The molecule has 3 aliphatic rings. The van der Waals surface area contributed by atoms with Crippen LogP contribution in [-0.4, -0.2) is 300 Å². The SMILES string of the molecule is CCCCCCCNC(=O)CCC(=O)NC(CC(=O)NC(CC(=O)NCC(=O)NCCCCCCC[C@@H]1OC(CO)[C@H](O)[C@H](O)C1NC(C)=O)C(=O)NCC(=O)NCCCCCCO[C@@H]1OC(CO)[C@H](O)[C@H](O)C1NC(C)=O)C(=O)NCC(=O)NCCCCCCO[C@@H]1OC(CO)[C@H](O)[C@H](O)C1NC(C)=O. The zero-order chi connectivity index (χ0) is 78.5. The number of hydrogen-bond donors (Lipinski definition) is 21. The Bertz CT molecular complexity index is 2690. The third-order valence-corrected chi connectivity index (χ3v) is 17.8. The Morgan fingerprint density at radius 2 is 0.689 bits per heavy atom. The van der Waals surface area contributed by atoms with Crippen LogP contribution in [-0.2, 0) is 81.2 Å². The van der Waals surface area contributed by atoms with E-state index in [0.29, 0.717) is 90.0 Å². The Morgan fingerprint density at radius 3 is 1.11 bits per heavy atom. The maximum atomic E-state index is 14.0. The molecule has 12 amide bonds. The van der Waals surface area contributed by atoms with E-state index in [9.17, 15) is 103 Å². The van der Waals surface area contributed by atoms with Gasteiger partial charge in [-0.2, -0.15) is 0 Å². The molecule has 3 rings (SSSR count). The molecule has 3 fully saturated rings. The van der Waals surface area contributed by atoms with Crippen molar-refractivity contribution in [3.8, 4) is 0 Å². The van der Waals surface area contributed by atoms with Gasteiger partial charge in [0.2, 0.25) is 70.9 Å². The fourth-order valence-corrected chi connectivity index (χ4v) is 11.9. The monoisotopic (exact) mass is 1520 g/mol. The van der Waals surface area contributed by atoms with Crippen molar-refractivity contribution >= 4 is 70.9 Å². The topological polar surface area (TPSA) is 577 Å². The van der Waals surface area contributed by atoms with Gasteiger partial charge < -0.3 is 133 Å². The summed E-state index contributed by atoms with van der Waals surface area (Å²) < 4.78 is 28.4. The Labute approximate surface area is 617 Å². The summed E-state index contributed by atoms with van der Waals surface area (Å²) in [5, 5.41) is 122. The second kappa shape index (κ2) is 53.0. The zero-order valence-corrected chi connectivity index (χ0v) is 61.5. The molecule has 3 aliphatic heterocycles. The molecule has 17 atom stereocenters. The average molecular weight is 1520 g/mol. The van der Waals surface area contributed by atoms with Crippen molar-refractivity contribution in [1.29, 1.82) is 0 Å². The van der Waals surface area contributed by atoms with E-state index in [2.05, 4.69) is 70.7 Å². The number of ether oxygens (including phenoxy) is 5. The highest BCUT2D eigenvalue weighted by Gasteiger charge is 2.48. The van der Waals surface area contributed by atoms with Crippen LogP contribution in [0.2, 0.25) is 0 Å². The molecule has 38 nitrogen and oxygen atoms in total. The third kappa shape index (κ3) is 36.8. The summed E-state index contributed by atoms with van der Waals surface area (Å²) in [5.41, 5.74) is 0. The molecule has 21 N–H and O–H groups in total. The Morgan fingerprint density at radius 1 is 0.349 bits per heavy atom. The predicted octanol–water partition coefficient (Wildman–Crippen LogP) is -6.33. The van der Waals surface area contributed by atoms with E-state index in [0.717, 1.165) is 38.5 Å². The Kier molecular flexibility index (Phi) is 46.6. The molecule has 0 aromatic heterocycles. The van der Waals surface area contributed by atoms with Gasteiger partial charge in [-0.1, -0.05) is 84.0 Å². The molecule has 8 unspecified atom stereocenters. The highest BCUT2D eigenvalue weighted by Crippen LogP contribution is 2.27. The van der Waals surface area contributed by atoms with E-state index in [1.54, 1.807) is 0 Å². The molecule has 38 heteroatoms. The van der Waals surface area contributed by atoms with Gasteiger partial charge in [0, 0.05) is 73.0 Å². The Hall–Kier alpha value is -6.92. The minimum Gasteiger partial charge on any atom is -0.394 e. The van der Waals surface area contributed by atoms with Gasteiger partial charge in [-0.05, 0) is 44.9 Å². The number of amides is 12. The second-order valence-corrected chi connectivity index (χ2v) is 26.8. The summed E-state index contributed by atoms with van der Waals surface area (Å²) in [6, 6.07) is -6.56. The predicted molar refractivity (Wildman–Crippen MR) is 375 cm³/mol. The average Bonchev–Trinajstić information content (AvgIpc) is 0.822. The third-order valence-electron chi connectivity index (χ3n) is 17.8. The van der Waals surface area contributed by atoms with Crippen LogP contribution < -0.4 is 63.8 Å². The van der Waals surface area contributed by atoms with Crippen LogP contribution >= 0.6 is 0 Å². The minimum atomic E-state index is -1.75. The maximum Gasteiger partial charge on any atom is 0.243 e. The summed E-state index contributed by atoms with van der Waals surface area (Å²) in [7, 11) is 0. The molecule has 0 spiro atoms. The number of aliphatic hydroxyl groups excluding tert-OH is 9. The molecule has 0 saturated carbocycles. The first kappa shape index (κ1) is 93.3. The molecule has 0 aliphatic carbocycles. The van der Waals surface area contributed by atoms with Gasteiger partial charge in [0.25, 0.3) is 0 Å². The normalized spacial score (nSPS) is 24.7. The number of hydrogen-bond acceptors (Lipinski definition) is 26. The lowest BCUT2D eigenvalue weighted by Crippen LogP contribution is -2.64. The molecular weight excluding hydrogens is 1400 g/mol. The standard InChI is InChI=1S/C68H120N12O26/c1-5-6-7-10-17-26-69-49(87)24-25-50(88)79-44(66(101)75-36-55(93)72-29-20-13-15-22-31-103-68-58(78-42(4)86)64(99)61(96)48(39-83)106-68)33-52(90)80-43(65(100)74-35-54(92)71-28-19-12-14-21-30-102-67-57(77-41(3)85)63(98)60(95)47(38-82)105-67)32-51(89)73-34-53(91)70-27-18-11-8-9-16-23-45-56(76-40(2)84)62(97)59(94)46(37-81)104-45/h43-48,56-64,67-68,81-83,94-99H,5-39H2,1-4H3,(H,69,87)(H,70,91)(H,71,92)(H,72,93)(H,73,89)(H,74,100)(H,75,101)(H,76,84)(H,77,85)(H,78,86)(H,79,88)(H,80,90)/t43?,44?,45-,46?,47?,48?,56?,57?,58?,59-,60-,61-,62+,63+,64+,67+,68+/m0/s1. The summed E-state index contributed by atoms with van der Waals surface area (Å²) >= 11 is 0. The first-order valence-electron chi connectivity index (χ1n) is 37.0. The van der Waals surface area contributed by atoms with E-state index >= 15 is 0 Å². The highest BCUT2D eigenvalue weighted by molar-refractivity contribution is 5.97. The molecule has 0 aromatic carbocycles. The van der Waals surface area contributed by atoms with Gasteiger partial charge in [-0.25, -0.2) is 0 Å².